The fraction of sp³-hybridized carbons (Fsp3) is 0.538. The first-order valence-electron chi connectivity index (χ1n) is 5.91. The van der Waals surface area contributed by atoms with Gasteiger partial charge in [-0.2, -0.15) is 0 Å². The van der Waals surface area contributed by atoms with E-state index in [1.807, 2.05) is 12.1 Å². The average Bonchev–Trinajstić information content (AvgIpc) is 2.31. The first-order chi connectivity index (χ1) is 8.65. The van der Waals surface area contributed by atoms with Gasteiger partial charge in [-0.15, -0.1) is 0 Å². The molecule has 1 aromatic carbocycles. The first kappa shape index (κ1) is 15.2. The van der Waals surface area contributed by atoms with Crippen LogP contribution in [0.1, 0.15) is 5.56 Å². The average molecular weight is 273 g/mol. The van der Waals surface area contributed by atoms with Crippen molar-refractivity contribution >= 4 is 17.3 Å². The van der Waals surface area contributed by atoms with E-state index in [1.165, 1.54) is 0 Å². The van der Waals surface area contributed by atoms with Crippen LogP contribution >= 0.6 is 11.6 Å². The number of ether oxygens (including phenoxy) is 2. The minimum Gasteiger partial charge on any atom is -0.399 e. The van der Waals surface area contributed by atoms with Gasteiger partial charge in [0.05, 0.1) is 13.2 Å². The van der Waals surface area contributed by atoms with Crippen LogP contribution in [-0.2, 0) is 16.0 Å². The van der Waals surface area contributed by atoms with Gasteiger partial charge in [0.1, 0.15) is 0 Å². The summed E-state index contributed by atoms with van der Waals surface area (Å²) in [5, 5.41) is 0.670. The molecule has 0 aromatic heterocycles. The number of rotatable bonds is 8. The first-order valence-corrected chi connectivity index (χ1v) is 6.28. The molecule has 2 N–H and O–H groups in total. The molecule has 0 saturated heterocycles. The Labute approximate surface area is 114 Å². The molecule has 0 saturated carbocycles. The number of methoxy groups -OCH3 is 2. The van der Waals surface area contributed by atoms with Gasteiger partial charge in [-0.3, -0.25) is 4.90 Å². The molecule has 5 heteroatoms. The Balaban J connectivity index is 2.62. The standard InChI is InChI=1S/C13H21ClN2O2/c1-17-5-3-16(4-6-18-2)10-11-7-12(14)9-13(15)8-11/h7-9H,3-6,10,15H2,1-2H3. The second kappa shape index (κ2) is 8.32. The molecule has 0 aliphatic carbocycles. The zero-order valence-corrected chi connectivity index (χ0v) is 11.7. The number of halogens is 1. The summed E-state index contributed by atoms with van der Waals surface area (Å²) in [6.45, 7) is 3.88. The molecule has 4 nitrogen and oxygen atoms in total. The van der Waals surface area contributed by atoms with E-state index in [0.717, 1.165) is 25.2 Å². The summed E-state index contributed by atoms with van der Waals surface area (Å²) in [5.74, 6) is 0. The molecule has 1 aromatic rings. The van der Waals surface area contributed by atoms with Gasteiger partial charge in [-0.05, 0) is 23.8 Å². The van der Waals surface area contributed by atoms with Crippen molar-refractivity contribution in [3.8, 4) is 0 Å². The smallest absolute Gasteiger partial charge is 0.0589 e. The highest BCUT2D eigenvalue weighted by Gasteiger charge is 2.07. The highest BCUT2D eigenvalue weighted by atomic mass is 35.5. The highest BCUT2D eigenvalue weighted by molar-refractivity contribution is 6.30. The van der Waals surface area contributed by atoms with Crippen molar-refractivity contribution in [1.82, 2.24) is 4.90 Å². The van der Waals surface area contributed by atoms with E-state index >= 15 is 0 Å². The van der Waals surface area contributed by atoms with Crippen LogP contribution in [0.2, 0.25) is 5.02 Å². The SMILES string of the molecule is COCCN(CCOC)Cc1cc(N)cc(Cl)c1. The summed E-state index contributed by atoms with van der Waals surface area (Å²) in [6, 6.07) is 5.63. The summed E-state index contributed by atoms with van der Waals surface area (Å²) in [6.07, 6.45) is 0. The summed E-state index contributed by atoms with van der Waals surface area (Å²) >= 11 is 5.99. The van der Waals surface area contributed by atoms with Gasteiger partial charge >= 0.3 is 0 Å². The van der Waals surface area contributed by atoms with Crippen LogP contribution in [0, 0.1) is 0 Å². The van der Waals surface area contributed by atoms with E-state index in [9.17, 15) is 0 Å². The van der Waals surface area contributed by atoms with Crippen molar-refractivity contribution in [2.75, 3.05) is 46.3 Å². The fourth-order valence-electron chi connectivity index (χ4n) is 1.74. The van der Waals surface area contributed by atoms with Crippen molar-refractivity contribution in [1.29, 1.82) is 0 Å². The van der Waals surface area contributed by atoms with Gasteiger partial charge in [0.25, 0.3) is 0 Å². The lowest BCUT2D eigenvalue weighted by Crippen LogP contribution is -2.30. The molecule has 18 heavy (non-hydrogen) atoms. The molecule has 0 bridgehead atoms. The van der Waals surface area contributed by atoms with Gasteiger partial charge in [0, 0.05) is 44.6 Å². The third kappa shape index (κ3) is 5.69. The normalized spacial score (nSPS) is 11.1. The van der Waals surface area contributed by atoms with Gasteiger partial charge in [0.15, 0.2) is 0 Å². The topological polar surface area (TPSA) is 47.7 Å². The predicted octanol–water partition coefficient (Wildman–Crippen LogP) is 2.02. The molecule has 0 aliphatic heterocycles. The molecule has 0 amide bonds. The summed E-state index contributed by atoms with van der Waals surface area (Å²) < 4.78 is 10.2. The number of hydrogen-bond donors (Lipinski definition) is 1. The van der Waals surface area contributed by atoms with Gasteiger partial charge in [0.2, 0.25) is 0 Å². The highest BCUT2D eigenvalue weighted by Crippen LogP contribution is 2.17. The van der Waals surface area contributed by atoms with Crippen LogP contribution < -0.4 is 5.73 Å². The second-order valence-electron chi connectivity index (χ2n) is 4.15. The number of nitrogen functional groups attached to an aromatic ring is 1. The Morgan fingerprint density at radius 2 is 1.72 bits per heavy atom. The zero-order chi connectivity index (χ0) is 13.4. The molecule has 0 fully saturated rings. The molecular weight excluding hydrogens is 252 g/mol. The minimum atomic E-state index is 0.670. The number of benzene rings is 1. The lowest BCUT2D eigenvalue weighted by atomic mass is 10.2. The maximum Gasteiger partial charge on any atom is 0.0589 e. The predicted molar refractivity (Wildman–Crippen MR) is 74.9 cm³/mol. The van der Waals surface area contributed by atoms with Gasteiger partial charge < -0.3 is 15.2 Å². The van der Waals surface area contributed by atoms with E-state index in [0.29, 0.717) is 23.9 Å². The third-order valence-electron chi connectivity index (χ3n) is 2.61. The summed E-state index contributed by atoms with van der Waals surface area (Å²) in [5.41, 5.74) is 7.58. The molecule has 0 heterocycles. The Morgan fingerprint density at radius 3 is 2.22 bits per heavy atom. The molecule has 102 valence electrons. The molecule has 0 atom stereocenters. The molecular formula is C13H21ClN2O2. The largest absolute Gasteiger partial charge is 0.399 e. The second-order valence-corrected chi connectivity index (χ2v) is 4.59. The monoisotopic (exact) mass is 272 g/mol. The fourth-order valence-corrected chi connectivity index (χ4v) is 2.00. The van der Waals surface area contributed by atoms with Crippen LogP contribution in [0.25, 0.3) is 0 Å². The van der Waals surface area contributed by atoms with Gasteiger partial charge in [-0.1, -0.05) is 11.6 Å². The van der Waals surface area contributed by atoms with Crippen molar-refractivity contribution in [2.45, 2.75) is 6.54 Å². The Morgan fingerprint density at radius 1 is 1.11 bits per heavy atom. The van der Waals surface area contributed by atoms with Crippen LogP contribution in [0.5, 0.6) is 0 Å². The van der Waals surface area contributed by atoms with Crippen molar-refractivity contribution in [3.63, 3.8) is 0 Å². The maximum atomic E-state index is 5.99. The summed E-state index contributed by atoms with van der Waals surface area (Å²) in [7, 11) is 3.40. The molecule has 0 unspecified atom stereocenters. The van der Waals surface area contributed by atoms with Crippen LogP contribution in [-0.4, -0.2) is 45.4 Å². The lowest BCUT2D eigenvalue weighted by molar-refractivity contribution is 0.110. The third-order valence-corrected chi connectivity index (χ3v) is 2.83. The van der Waals surface area contributed by atoms with E-state index in [1.54, 1.807) is 20.3 Å². The van der Waals surface area contributed by atoms with Crippen molar-refractivity contribution in [2.24, 2.45) is 0 Å². The Hall–Kier alpha value is -0.810. The molecule has 0 aliphatic rings. The van der Waals surface area contributed by atoms with Crippen LogP contribution in [0.4, 0.5) is 5.69 Å². The zero-order valence-electron chi connectivity index (χ0n) is 11.0. The number of nitrogens with two attached hydrogens (primary N) is 1. The summed E-state index contributed by atoms with van der Waals surface area (Å²) in [4.78, 5) is 2.25. The molecule has 0 spiro atoms. The van der Waals surface area contributed by atoms with Crippen molar-refractivity contribution < 1.29 is 9.47 Å². The maximum absolute atomic E-state index is 5.99. The van der Waals surface area contributed by atoms with E-state index < -0.39 is 0 Å². The van der Waals surface area contributed by atoms with Crippen LogP contribution in [0.3, 0.4) is 0 Å². The Bertz CT molecular complexity index is 333. The number of hydrogen-bond acceptors (Lipinski definition) is 4. The van der Waals surface area contributed by atoms with E-state index in [4.69, 9.17) is 26.8 Å². The Kier molecular flexibility index (Phi) is 7.05. The van der Waals surface area contributed by atoms with Crippen LogP contribution in [0.15, 0.2) is 18.2 Å². The van der Waals surface area contributed by atoms with Gasteiger partial charge in [-0.25, -0.2) is 0 Å². The van der Waals surface area contributed by atoms with Crippen molar-refractivity contribution in [3.05, 3.63) is 28.8 Å². The van der Waals surface area contributed by atoms with E-state index in [2.05, 4.69) is 4.90 Å². The minimum absolute atomic E-state index is 0.670. The number of nitrogens with zero attached hydrogens (tertiary/aromatic N) is 1. The molecule has 1 rings (SSSR count). The molecule has 0 radical (unpaired) electrons. The lowest BCUT2D eigenvalue weighted by Gasteiger charge is -2.21. The quantitative estimate of drug-likeness (QED) is 0.736. The van der Waals surface area contributed by atoms with E-state index in [-0.39, 0.29) is 0 Å². The number of anilines is 1.